The summed E-state index contributed by atoms with van der Waals surface area (Å²) in [6.07, 6.45) is 0.826. The summed E-state index contributed by atoms with van der Waals surface area (Å²) in [6, 6.07) is 19.2. The van der Waals surface area contributed by atoms with Crippen LogP contribution in [-0.4, -0.2) is 46.8 Å². The van der Waals surface area contributed by atoms with E-state index >= 15 is 0 Å². The van der Waals surface area contributed by atoms with Crippen LogP contribution in [-0.2, 0) is 6.54 Å². The van der Waals surface area contributed by atoms with Gasteiger partial charge in [0.2, 0.25) is 0 Å². The topological polar surface area (TPSA) is 67.2 Å². The SMILES string of the molecule is CCN(CC)CCCNC(=O)c1c(-c2ccccc2)c(-c2ccccc2)nn(CC)c1=O. The van der Waals surface area contributed by atoms with E-state index in [1.807, 2.05) is 67.6 Å². The van der Waals surface area contributed by atoms with Crippen molar-refractivity contribution in [2.45, 2.75) is 33.7 Å². The van der Waals surface area contributed by atoms with Gasteiger partial charge in [0, 0.05) is 24.2 Å². The Bertz CT molecular complexity index is 1070. The van der Waals surface area contributed by atoms with Crippen LogP contribution in [0.5, 0.6) is 0 Å². The predicted octanol–water partition coefficient (Wildman–Crippen LogP) is 4.06. The largest absolute Gasteiger partial charge is 0.352 e. The molecule has 0 aliphatic rings. The molecule has 1 aromatic heterocycles. The Morgan fingerprint density at radius 1 is 0.938 bits per heavy atom. The van der Waals surface area contributed by atoms with Gasteiger partial charge in [-0.3, -0.25) is 9.59 Å². The molecule has 1 heterocycles. The van der Waals surface area contributed by atoms with Gasteiger partial charge in [0.05, 0.1) is 5.69 Å². The first kappa shape index (κ1) is 23.4. The van der Waals surface area contributed by atoms with Gasteiger partial charge in [-0.2, -0.15) is 5.10 Å². The van der Waals surface area contributed by atoms with Crippen LogP contribution in [0.3, 0.4) is 0 Å². The maximum absolute atomic E-state index is 13.3. The highest BCUT2D eigenvalue weighted by molar-refractivity contribution is 6.03. The number of nitrogens with zero attached hydrogens (tertiary/aromatic N) is 3. The van der Waals surface area contributed by atoms with E-state index in [-0.39, 0.29) is 17.0 Å². The van der Waals surface area contributed by atoms with E-state index in [9.17, 15) is 9.59 Å². The minimum absolute atomic E-state index is 0.148. The first-order chi connectivity index (χ1) is 15.6. The van der Waals surface area contributed by atoms with Crippen LogP contribution in [0.2, 0.25) is 0 Å². The van der Waals surface area contributed by atoms with Gasteiger partial charge < -0.3 is 10.2 Å². The average molecular weight is 433 g/mol. The summed E-state index contributed by atoms with van der Waals surface area (Å²) >= 11 is 0. The summed E-state index contributed by atoms with van der Waals surface area (Å²) in [5.41, 5.74) is 2.65. The fraction of sp³-hybridized carbons (Fsp3) is 0.346. The van der Waals surface area contributed by atoms with E-state index in [4.69, 9.17) is 0 Å². The summed E-state index contributed by atoms with van der Waals surface area (Å²) in [6.45, 7) is 9.88. The highest BCUT2D eigenvalue weighted by Gasteiger charge is 2.24. The first-order valence-electron chi connectivity index (χ1n) is 11.4. The smallest absolute Gasteiger partial charge is 0.280 e. The molecule has 32 heavy (non-hydrogen) atoms. The second-order valence-corrected chi connectivity index (χ2v) is 7.59. The summed E-state index contributed by atoms with van der Waals surface area (Å²) in [7, 11) is 0. The predicted molar refractivity (Wildman–Crippen MR) is 130 cm³/mol. The highest BCUT2D eigenvalue weighted by atomic mass is 16.2. The summed E-state index contributed by atoms with van der Waals surface area (Å²) in [4.78, 5) is 28.9. The molecule has 3 aromatic rings. The zero-order valence-electron chi connectivity index (χ0n) is 19.2. The van der Waals surface area contributed by atoms with E-state index in [0.29, 0.717) is 24.3 Å². The molecule has 168 valence electrons. The number of benzene rings is 2. The summed E-state index contributed by atoms with van der Waals surface area (Å²) < 4.78 is 1.37. The number of amides is 1. The van der Waals surface area contributed by atoms with Gasteiger partial charge in [0.15, 0.2) is 0 Å². The zero-order valence-corrected chi connectivity index (χ0v) is 19.2. The minimum atomic E-state index is -0.368. The van der Waals surface area contributed by atoms with Gasteiger partial charge >= 0.3 is 0 Å². The third-order valence-electron chi connectivity index (χ3n) is 5.62. The number of aromatic nitrogens is 2. The molecule has 1 N–H and O–H groups in total. The van der Waals surface area contributed by atoms with Gasteiger partial charge in [0.25, 0.3) is 11.5 Å². The van der Waals surface area contributed by atoms with E-state index in [1.54, 1.807) is 0 Å². The van der Waals surface area contributed by atoms with Crippen LogP contribution in [0.15, 0.2) is 65.5 Å². The minimum Gasteiger partial charge on any atom is -0.352 e. The molecule has 0 saturated heterocycles. The van der Waals surface area contributed by atoms with E-state index < -0.39 is 0 Å². The Morgan fingerprint density at radius 3 is 2.09 bits per heavy atom. The van der Waals surface area contributed by atoms with Crippen LogP contribution in [0.4, 0.5) is 0 Å². The lowest BCUT2D eigenvalue weighted by Crippen LogP contribution is -2.36. The van der Waals surface area contributed by atoms with Crippen LogP contribution in [0, 0.1) is 0 Å². The summed E-state index contributed by atoms with van der Waals surface area (Å²) in [5.74, 6) is -0.352. The molecular formula is C26H32N4O2. The molecule has 0 radical (unpaired) electrons. The van der Waals surface area contributed by atoms with Crippen molar-refractivity contribution in [1.82, 2.24) is 20.0 Å². The number of nitrogens with one attached hydrogen (secondary N) is 1. The Labute approximate surface area is 189 Å². The molecule has 0 aliphatic carbocycles. The number of aryl methyl sites for hydroxylation is 1. The van der Waals surface area contributed by atoms with Crippen LogP contribution in [0.1, 0.15) is 37.6 Å². The van der Waals surface area contributed by atoms with Crippen molar-refractivity contribution in [3.8, 4) is 22.4 Å². The van der Waals surface area contributed by atoms with Crippen molar-refractivity contribution in [3.05, 3.63) is 76.6 Å². The monoisotopic (exact) mass is 432 g/mol. The van der Waals surface area contributed by atoms with Crippen molar-refractivity contribution >= 4 is 5.91 Å². The molecule has 0 atom stereocenters. The standard InChI is InChI=1S/C26H32N4O2/c1-4-29(5-2)19-13-18-27-25(31)23-22(20-14-9-7-10-15-20)24(21-16-11-8-12-17-21)28-30(6-3)26(23)32/h7-12,14-17H,4-6,13,18-19H2,1-3H3,(H,27,31). The maximum Gasteiger partial charge on any atom is 0.280 e. The normalized spacial score (nSPS) is 11.0. The molecule has 0 unspecified atom stereocenters. The quantitative estimate of drug-likeness (QED) is 0.491. The van der Waals surface area contributed by atoms with Crippen molar-refractivity contribution < 1.29 is 4.79 Å². The Balaban J connectivity index is 2.06. The van der Waals surface area contributed by atoms with Gasteiger partial charge in [0.1, 0.15) is 5.56 Å². The van der Waals surface area contributed by atoms with Gasteiger partial charge in [-0.1, -0.05) is 74.5 Å². The lowest BCUT2D eigenvalue weighted by molar-refractivity contribution is 0.0950. The fourth-order valence-electron chi connectivity index (χ4n) is 3.81. The molecule has 0 spiro atoms. The molecule has 3 rings (SSSR count). The molecule has 0 fully saturated rings. The number of carbonyl (C=O) groups excluding carboxylic acids is 1. The molecular weight excluding hydrogens is 400 g/mol. The summed E-state index contributed by atoms with van der Waals surface area (Å²) in [5, 5.41) is 7.62. The molecule has 6 heteroatoms. The number of rotatable bonds is 10. The molecule has 0 aliphatic heterocycles. The van der Waals surface area contributed by atoms with E-state index in [1.165, 1.54) is 4.68 Å². The average Bonchev–Trinajstić information content (AvgIpc) is 2.84. The molecule has 0 saturated carbocycles. The van der Waals surface area contributed by atoms with Crippen molar-refractivity contribution in [3.63, 3.8) is 0 Å². The highest BCUT2D eigenvalue weighted by Crippen LogP contribution is 2.31. The van der Waals surface area contributed by atoms with Gasteiger partial charge in [-0.25, -0.2) is 4.68 Å². The Hall–Kier alpha value is -3.25. The first-order valence-corrected chi connectivity index (χ1v) is 11.4. The van der Waals surface area contributed by atoms with Crippen LogP contribution >= 0.6 is 0 Å². The van der Waals surface area contributed by atoms with Gasteiger partial charge in [-0.15, -0.1) is 0 Å². The zero-order chi connectivity index (χ0) is 22.9. The second-order valence-electron chi connectivity index (χ2n) is 7.59. The molecule has 1 amide bonds. The molecule has 6 nitrogen and oxygen atoms in total. The van der Waals surface area contributed by atoms with Crippen molar-refractivity contribution in [1.29, 1.82) is 0 Å². The van der Waals surface area contributed by atoms with Crippen LogP contribution in [0.25, 0.3) is 22.4 Å². The third-order valence-corrected chi connectivity index (χ3v) is 5.62. The van der Waals surface area contributed by atoms with Crippen molar-refractivity contribution in [2.75, 3.05) is 26.2 Å². The van der Waals surface area contributed by atoms with E-state index in [2.05, 4.69) is 29.2 Å². The van der Waals surface area contributed by atoms with Crippen LogP contribution < -0.4 is 10.9 Å². The second kappa shape index (κ2) is 11.4. The molecule has 2 aromatic carbocycles. The Kier molecular flexibility index (Phi) is 8.34. The lowest BCUT2D eigenvalue weighted by atomic mass is 9.95. The fourth-order valence-corrected chi connectivity index (χ4v) is 3.81. The third kappa shape index (κ3) is 5.32. The number of hydrogen-bond acceptors (Lipinski definition) is 4. The number of hydrogen-bond donors (Lipinski definition) is 1. The molecule has 0 bridgehead atoms. The lowest BCUT2D eigenvalue weighted by Gasteiger charge is -2.19. The Morgan fingerprint density at radius 2 is 1.53 bits per heavy atom. The maximum atomic E-state index is 13.3. The van der Waals surface area contributed by atoms with Gasteiger partial charge in [-0.05, 0) is 38.5 Å². The number of carbonyl (C=O) groups is 1. The van der Waals surface area contributed by atoms with E-state index in [0.717, 1.165) is 37.2 Å². The van der Waals surface area contributed by atoms with Crippen molar-refractivity contribution in [2.24, 2.45) is 0 Å².